The number of nitrogens with one attached hydrogen (secondary N) is 1. The molecule has 0 aliphatic carbocycles. The third kappa shape index (κ3) is 3.48. The first-order valence-electron chi connectivity index (χ1n) is 8.76. The Morgan fingerprint density at radius 1 is 1.17 bits per heavy atom. The van der Waals surface area contributed by atoms with Crippen molar-refractivity contribution in [3.8, 4) is 0 Å². The summed E-state index contributed by atoms with van der Waals surface area (Å²) in [5, 5.41) is 7.00. The molecule has 0 unspecified atom stereocenters. The molecule has 4 aromatic rings. The molecule has 0 fully saturated rings. The van der Waals surface area contributed by atoms with Crippen LogP contribution in [0.5, 0.6) is 0 Å². The van der Waals surface area contributed by atoms with Gasteiger partial charge in [-0.05, 0) is 30.3 Å². The predicted octanol–water partition coefficient (Wildman–Crippen LogP) is 3.34. The van der Waals surface area contributed by atoms with Gasteiger partial charge in [0.1, 0.15) is 11.3 Å². The van der Waals surface area contributed by atoms with Crippen molar-refractivity contribution in [2.24, 2.45) is 0 Å². The van der Waals surface area contributed by atoms with Gasteiger partial charge in [0.2, 0.25) is 0 Å². The number of rotatable bonds is 5. The van der Waals surface area contributed by atoms with Crippen LogP contribution in [-0.2, 0) is 11.3 Å². The highest BCUT2D eigenvalue weighted by Crippen LogP contribution is 2.21. The number of para-hydroxylation sites is 2. The molecular weight excluding hydrogens is 399 g/mol. The van der Waals surface area contributed by atoms with Crippen molar-refractivity contribution in [1.82, 2.24) is 14.2 Å². The largest absolute Gasteiger partial charge is 0.383 e. The maximum atomic E-state index is 13.9. The highest BCUT2D eigenvalue weighted by molar-refractivity contribution is 6.31. The van der Waals surface area contributed by atoms with Gasteiger partial charge in [0.05, 0.1) is 23.3 Å². The minimum absolute atomic E-state index is 0.0175. The summed E-state index contributed by atoms with van der Waals surface area (Å²) in [6.07, 6.45) is 0. The van der Waals surface area contributed by atoms with Crippen LogP contribution in [0.3, 0.4) is 0 Å². The van der Waals surface area contributed by atoms with Gasteiger partial charge in [0.15, 0.2) is 5.69 Å². The number of ether oxygens (including phenoxy) is 1. The van der Waals surface area contributed by atoms with Gasteiger partial charge >= 0.3 is 0 Å². The van der Waals surface area contributed by atoms with Crippen molar-refractivity contribution in [2.75, 3.05) is 19.0 Å². The maximum absolute atomic E-state index is 13.9. The molecule has 4 rings (SSSR count). The fourth-order valence-electron chi connectivity index (χ4n) is 3.13. The number of carbonyl (C=O) groups excluding carboxylic acids is 1. The first-order valence-corrected chi connectivity index (χ1v) is 9.14. The lowest BCUT2D eigenvalue weighted by atomic mass is 10.2. The lowest BCUT2D eigenvalue weighted by molar-refractivity contribution is 0.102. The topological polar surface area (TPSA) is 77.6 Å². The molecule has 29 heavy (non-hydrogen) atoms. The molecular formula is C20H16ClFN4O3. The minimum atomic E-state index is -0.651. The van der Waals surface area contributed by atoms with Crippen LogP contribution in [0.25, 0.3) is 16.6 Å². The lowest BCUT2D eigenvalue weighted by Gasteiger charge is -2.11. The smallest absolute Gasteiger partial charge is 0.277 e. The molecule has 2 heterocycles. The van der Waals surface area contributed by atoms with Crippen molar-refractivity contribution in [1.29, 1.82) is 0 Å². The second-order valence-corrected chi connectivity index (χ2v) is 6.78. The van der Waals surface area contributed by atoms with E-state index in [-0.39, 0.29) is 27.5 Å². The lowest BCUT2D eigenvalue weighted by Crippen LogP contribution is -2.24. The fraction of sp³-hybridized carbons (Fsp3) is 0.150. The monoisotopic (exact) mass is 414 g/mol. The zero-order valence-corrected chi connectivity index (χ0v) is 16.1. The van der Waals surface area contributed by atoms with Gasteiger partial charge in [0, 0.05) is 24.7 Å². The minimum Gasteiger partial charge on any atom is -0.383 e. The molecule has 0 bridgehead atoms. The highest BCUT2D eigenvalue weighted by Gasteiger charge is 2.18. The summed E-state index contributed by atoms with van der Waals surface area (Å²) in [6, 6.07) is 12.5. The van der Waals surface area contributed by atoms with Crippen LogP contribution in [0.1, 0.15) is 10.5 Å². The molecule has 0 saturated carbocycles. The van der Waals surface area contributed by atoms with Crippen LogP contribution in [0.4, 0.5) is 10.1 Å². The quantitative estimate of drug-likeness (QED) is 0.543. The van der Waals surface area contributed by atoms with Gasteiger partial charge in [-0.15, -0.1) is 0 Å². The first kappa shape index (κ1) is 19.1. The second kappa shape index (κ2) is 7.65. The molecule has 2 aromatic heterocycles. The van der Waals surface area contributed by atoms with E-state index in [1.165, 1.54) is 22.7 Å². The number of fused-ring (bicyclic) bond motifs is 3. The normalized spacial score (nSPS) is 11.3. The number of halogens is 2. The number of benzene rings is 2. The summed E-state index contributed by atoms with van der Waals surface area (Å²) in [7, 11) is 1.56. The van der Waals surface area contributed by atoms with Crippen molar-refractivity contribution in [3.05, 3.63) is 75.4 Å². The molecule has 1 amide bonds. The average molecular weight is 415 g/mol. The Balaban J connectivity index is 1.82. The summed E-state index contributed by atoms with van der Waals surface area (Å²) in [6.45, 7) is 0.711. The highest BCUT2D eigenvalue weighted by atomic mass is 35.5. The van der Waals surface area contributed by atoms with E-state index >= 15 is 0 Å². The second-order valence-electron chi connectivity index (χ2n) is 6.34. The zero-order valence-electron chi connectivity index (χ0n) is 15.4. The molecule has 0 atom stereocenters. The first-order chi connectivity index (χ1) is 14.0. The van der Waals surface area contributed by atoms with Crippen LogP contribution < -0.4 is 10.9 Å². The fourth-order valence-corrected chi connectivity index (χ4v) is 3.30. The Hall–Kier alpha value is -3.23. The summed E-state index contributed by atoms with van der Waals surface area (Å²) in [5.41, 5.74) is 1.17. The van der Waals surface area contributed by atoms with Crippen LogP contribution in [0.2, 0.25) is 5.02 Å². The van der Waals surface area contributed by atoms with E-state index in [9.17, 15) is 14.0 Å². The van der Waals surface area contributed by atoms with Gasteiger partial charge in [0.25, 0.3) is 11.5 Å². The number of carbonyl (C=O) groups is 1. The Kier molecular flexibility index (Phi) is 5.04. The summed E-state index contributed by atoms with van der Waals surface area (Å²) >= 11 is 5.86. The summed E-state index contributed by atoms with van der Waals surface area (Å²) < 4.78 is 22.0. The number of amides is 1. The number of aromatic nitrogens is 3. The Labute approximate surface area is 169 Å². The molecule has 0 aliphatic rings. The molecule has 148 valence electrons. The summed E-state index contributed by atoms with van der Waals surface area (Å²) in [5.74, 6) is -1.28. The van der Waals surface area contributed by atoms with E-state index in [1.807, 2.05) is 12.1 Å². The Morgan fingerprint density at radius 2 is 1.93 bits per heavy atom. The predicted molar refractivity (Wildman–Crippen MR) is 108 cm³/mol. The van der Waals surface area contributed by atoms with E-state index in [2.05, 4.69) is 10.4 Å². The molecule has 9 heteroatoms. The Bertz CT molecular complexity index is 1300. The number of hydrogen-bond donors (Lipinski definition) is 1. The van der Waals surface area contributed by atoms with Crippen LogP contribution >= 0.6 is 11.6 Å². The molecule has 2 aromatic carbocycles. The molecule has 0 spiro atoms. The van der Waals surface area contributed by atoms with Crippen LogP contribution in [-0.4, -0.2) is 33.8 Å². The van der Waals surface area contributed by atoms with Crippen molar-refractivity contribution in [3.63, 3.8) is 0 Å². The van der Waals surface area contributed by atoms with Crippen molar-refractivity contribution in [2.45, 2.75) is 6.54 Å². The number of anilines is 1. The van der Waals surface area contributed by atoms with E-state index in [0.29, 0.717) is 24.2 Å². The molecule has 0 aliphatic heterocycles. The molecule has 0 radical (unpaired) electrons. The van der Waals surface area contributed by atoms with Crippen LogP contribution in [0, 0.1) is 5.82 Å². The zero-order chi connectivity index (χ0) is 20.5. The van der Waals surface area contributed by atoms with Gasteiger partial charge in [-0.25, -0.2) is 8.91 Å². The molecule has 1 N–H and O–H groups in total. The van der Waals surface area contributed by atoms with Gasteiger partial charge in [-0.1, -0.05) is 23.7 Å². The van der Waals surface area contributed by atoms with E-state index in [1.54, 1.807) is 23.8 Å². The standard InChI is InChI=1S/C20H16ClFN4O3/c1-29-9-8-25-16-4-2-3-5-17(16)26-18(20(25)28)11-15(24-26)19(27)23-14-10-12(21)6-7-13(14)22/h2-7,10-11H,8-9H2,1H3,(H,23,27). The van der Waals surface area contributed by atoms with Gasteiger partial charge < -0.3 is 14.6 Å². The van der Waals surface area contributed by atoms with Crippen molar-refractivity contribution >= 4 is 39.7 Å². The number of nitrogens with zero attached hydrogens (tertiary/aromatic N) is 3. The maximum Gasteiger partial charge on any atom is 0.277 e. The van der Waals surface area contributed by atoms with E-state index < -0.39 is 11.7 Å². The van der Waals surface area contributed by atoms with Gasteiger partial charge in [-0.3, -0.25) is 9.59 Å². The van der Waals surface area contributed by atoms with Gasteiger partial charge in [-0.2, -0.15) is 5.10 Å². The average Bonchev–Trinajstić information content (AvgIpc) is 3.17. The van der Waals surface area contributed by atoms with Crippen molar-refractivity contribution < 1.29 is 13.9 Å². The van der Waals surface area contributed by atoms with E-state index in [4.69, 9.17) is 16.3 Å². The third-order valence-corrected chi connectivity index (χ3v) is 4.74. The molecule has 7 nitrogen and oxygen atoms in total. The number of hydrogen-bond acceptors (Lipinski definition) is 4. The third-order valence-electron chi connectivity index (χ3n) is 4.50. The Morgan fingerprint density at radius 3 is 2.69 bits per heavy atom. The number of methoxy groups -OCH3 is 1. The van der Waals surface area contributed by atoms with Crippen LogP contribution in [0.15, 0.2) is 53.3 Å². The molecule has 0 saturated heterocycles. The SMILES string of the molecule is COCCn1c(=O)c2cc(C(=O)Nc3cc(Cl)ccc3F)nn2c2ccccc21. The van der Waals surface area contributed by atoms with E-state index in [0.717, 1.165) is 6.07 Å². The summed E-state index contributed by atoms with van der Waals surface area (Å²) in [4.78, 5) is 25.6.